The van der Waals surface area contributed by atoms with Crippen molar-refractivity contribution in [2.45, 2.75) is 31.7 Å². The average Bonchev–Trinajstić information content (AvgIpc) is 3.02. The van der Waals surface area contributed by atoms with Crippen LogP contribution in [0.1, 0.15) is 42.1 Å². The minimum Gasteiger partial charge on any atom is -0.465 e. The van der Waals surface area contributed by atoms with Crippen LogP contribution in [0.25, 0.3) is 10.9 Å². The van der Waals surface area contributed by atoms with E-state index in [0.717, 1.165) is 25.7 Å². The van der Waals surface area contributed by atoms with Crippen molar-refractivity contribution in [3.8, 4) is 0 Å². The summed E-state index contributed by atoms with van der Waals surface area (Å²) in [6, 6.07) is 2.99. The Morgan fingerprint density at radius 3 is 2.71 bits per heavy atom. The lowest BCUT2D eigenvalue weighted by Gasteiger charge is -2.27. The van der Waals surface area contributed by atoms with Crippen LogP contribution < -0.4 is 0 Å². The number of nitro groups is 1. The first-order chi connectivity index (χ1) is 11.5. The number of nitro benzene ring substituents is 1. The van der Waals surface area contributed by atoms with E-state index >= 15 is 0 Å². The molecule has 1 aliphatic rings. The van der Waals surface area contributed by atoms with E-state index in [4.69, 9.17) is 0 Å². The van der Waals surface area contributed by atoms with E-state index < -0.39 is 10.9 Å². The molecule has 0 bridgehead atoms. The Bertz CT molecular complexity index is 777. The molecule has 1 heterocycles. The van der Waals surface area contributed by atoms with E-state index in [1.807, 2.05) is 4.68 Å². The van der Waals surface area contributed by atoms with Gasteiger partial charge in [-0.2, -0.15) is 5.10 Å². The van der Waals surface area contributed by atoms with Gasteiger partial charge in [0, 0.05) is 24.3 Å². The molecule has 3 rings (SSSR count). The van der Waals surface area contributed by atoms with Crippen LogP contribution in [-0.4, -0.2) is 39.5 Å². The standard InChI is InChI=1S/C16H19N3O5/c1-24-16(21)13-7-14-11(6-15(13)19(22)23)8-18(17-14)12-4-2-10(9-20)3-5-12/h6-8,10,12,20H,2-5,9H2,1H3. The Labute approximate surface area is 138 Å². The fourth-order valence-electron chi connectivity index (χ4n) is 3.28. The van der Waals surface area contributed by atoms with Crippen molar-refractivity contribution in [3.05, 3.63) is 34.0 Å². The number of methoxy groups -OCH3 is 1. The van der Waals surface area contributed by atoms with Gasteiger partial charge in [-0.15, -0.1) is 0 Å². The number of carbonyl (C=O) groups excluding carboxylic acids is 1. The number of aliphatic hydroxyl groups is 1. The normalized spacial score (nSPS) is 20.9. The Morgan fingerprint density at radius 1 is 1.42 bits per heavy atom. The number of hydrogen-bond donors (Lipinski definition) is 1. The van der Waals surface area contributed by atoms with Gasteiger partial charge in [0.15, 0.2) is 0 Å². The largest absolute Gasteiger partial charge is 0.465 e. The molecule has 0 spiro atoms. The van der Waals surface area contributed by atoms with Crippen LogP contribution in [0, 0.1) is 16.0 Å². The van der Waals surface area contributed by atoms with E-state index in [2.05, 4.69) is 9.84 Å². The summed E-state index contributed by atoms with van der Waals surface area (Å²) in [6.45, 7) is 0.211. The van der Waals surface area contributed by atoms with Crippen LogP contribution in [0.3, 0.4) is 0 Å². The molecule has 1 aromatic carbocycles. The van der Waals surface area contributed by atoms with Gasteiger partial charge in [-0.25, -0.2) is 4.79 Å². The number of ether oxygens (including phenoxy) is 1. The molecule has 8 heteroatoms. The maximum Gasteiger partial charge on any atom is 0.344 e. The lowest BCUT2D eigenvalue weighted by Crippen LogP contribution is -2.20. The molecule has 1 fully saturated rings. The van der Waals surface area contributed by atoms with Crippen molar-refractivity contribution in [2.75, 3.05) is 13.7 Å². The summed E-state index contributed by atoms with van der Waals surface area (Å²) >= 11 is 0. The number of benzene rings is 1. The van der Waals surface area contributed by atoms with Gasteiger partial charge in [0.2, 0.25) is 0 Å². The van der Waals surface area contributed by atoms with Crippen LogP contribution in [0.4, 0.5) is 5.69 Å². The fraction of sp³-hybridized carbons (Fsp3) is 0.500. The highest BCUT2D eigenvalue weighted by Gasteiger charge is 2.25. The minimum atomic E-state index is -0.749. The summed E-state index contributed by atoms with van der Waals surface area (Å²) in [6.07, 6.45) is 5.47. The first kappa shape index (κ1) is 16.4. The van der Waals surface area contributed by atoms with Crippen LogP contribution >= 0.6 is 0 Å². The van der Waals surface area contributed by atoms with Gasteiger partial charge < -0.3 is 9.84 Å². The minimum absolute atomic E-state index is 0.0933. The quantitative estimate of drug-likeness (QED) is 0.523. The summed E-state index contributed by atoms with van der Waals surface area (Å²) in [7, 11) is 1.19. The summed E-state index contributed by atoms with van der Waals surface area (Å²) in [5, 5.41) is 25.5. The van der Waals surface area contributed by atoms with Gasteiger partial charge in [0.05, 0.1) is 23.6 Å². The molecule has 8 nitrogen and oxygen atoms in total. The molecule has 1 N–H and O–H groups in total. The Morgan fingerprint density at radius 2 is 2.12 bits per heavy atom. The molecule has 0 saturated heterocycles. The zero-order valence-corrected chi connectivity index (χ0v) is 13.3. The third-order valence-electron chi connectivity index (χ3n) is 4.69. The Hall–Kier alpha value is -2.48. The third kappa shape index (κ3) is 2.96. The second kappa shape index (κ2) is 6.56. The molecule has 1 saturated carbocycles. The van der Waals surface area contributed by atoms with Crippen molar-refractivity contribution in [3.63, 3.8) is 0 Å². The predicted molar refractivity (Wildman–Crippen MR) is 85.8 cm³/mol. The monoisotopic (exact) mass is 333 g/mol. The number of esters is 1. The predicted octanol–water partition coefficient (Wildman–Crippen LogP) is 2.45. The molecule has 1 aliphatic carbocycles. The molecule has 0 amide bonds. The van der Waals surface area contributed by atoms with Crippen molar-refractivity contribution >= 4 is 22.6 Å². The smallest absolute Gasteiger partial charge is 0.344 e. The topological polar surface area (TPSA) is 107 Å². The molecule has 24 heavy (non-hydrogen) atoms. The second-order valence-electron chi connectivity index (χ2n) is 6.14. The van der Waals surface area contributed by atoms with Crippen LogP contribution in [0.15, 0.2) is 18.3 Å². The zero-order chi connectivity index (χ0) is 17.3. The summed E-state index contributed by atoms with van der Waals surface area (Å²) in [4.78, 5) is 22.4. The van der Waals surface area contributed by atoms with Gasteiger partial charge in [0.25, 0.3) is 5.69 Å². The fourth-order valence-corrected chi connectivity index (χ4v) is 3.28. The lowest BCUT2D eigenvalue weighted by molar-refractivity contribution is -0.385. The highest BCUT2D eigenvalue weighted by atomic mass is 16.6. The van der Waals surface area contributed by atoms with Gasteiger partial charge in [-0.3, -0.25) is 14.8 Å². The molecule has 1 aromatic heterocycles. The molecule has 128 valence electrons. The van der Waals surface area contributed by atoms with Gasteiger partial charge in [0.1, 0.15) is 5.56 Å². The molecule has 0 unspecified atom stereocenters. The Kier molecular flexibility index (Phi) is 4.48. The van der Waals surface area contributed by atoms with E-state index in [1.165, 1.54) is 19.2 Å². The molecular formula is C16H19N3O5. The van der Waals surface area contributed by atoms with Gasteiger partial charge in [-0.1, -0.05) is 0 Å². The third-order valence-corrected chi connectivity index (χ3v) is 4.69. The number of hydrogen-bond acceptors (Lipinski definition) is 6. The second-order valence-corrected chi connectivity index (χ2v) is 6.14. The van der Waals surface area contributed by atoms with Crippen molar-refractivity contribution in [1.29, 1.82) is 0 Å². The maximum atomic E-state index is 11.8. The maximum absolute atomic E-state index is 11.8. The SMILES string of the molecule is COC(=O)c1cc2nn(C3CCC(CO)CC3)cc2cc1[N+](=O)[O-]. The van der Waals surface area contributed by atoms with E-state index in [0.29, 0.717) is 16.8 Å². The summed E-state index contributed by atoms with van der Waals surface area (Å²) < 4.78 is 6.44. The molecule has 0 atom stereocenters. The van der Waals surface area contributed by atoms with Crippen LogP contribution in [0.5, 0.6) is 0 Å². The molecule has 0 radical (unpaired) electrons. The highest BCUT2D eigenvalue weighted by Crippen LogP contribution is 2.33. The number of fused-ring (bicyclic) bond motifs is 1. The van der Waals surface area contributed by atoms with E-state index in [9.17, 15) is 20.0 Å². The first-order valence-electron chi connectivity index (χ1n) is 7.90. The van der Waals surface area contributed by atoms with Gasteiger partial charge >= 0.3 is 5.97 Å². The molecule has 0 aliphatic heterocycles. The lowest BCUT2D eigenvalue weighted by atomic mass is 9.87. The number of nitrogens with zero attached hydrogens (tertiary/aromatic N) is 3. The van der Waals surface area contributed by atoms with E-state index in [-0.39, 0.29) is 23.9 Å². The number of aromatic nitrogens is 2. The number of carbonyl (C=O) groups is 1. The summed E-state index contributed by atoms with van der Waals surface area (Å²) in [5.41, 5.74) is 0.160. The van der Waals surface area contributed by atoms with Crippen molar-refractivity contribution < 1.29 is 19.6 Å². The highest BCUT2D eigenvalue weighted by molar-refractivity contribution is 5.99. The Balaban J connectivity index is 1.96. The van der Waals surface area contributed by atoms with Crippen LogP contribution in [-0.2, 0) is 4.74 Å². The zero-order valence-electron chi connectivity index (χ0n) is 13.3. The molecular weight excluding hydrogens is 314 g/mol. The van der Waals surface area contributed by atoms with Gasteiger partial charge in [-0.05, 0) is 37.7 Å². The van der Waals surface area contributed by atoms with E-state index in [1.54, 1.807) is 6.20 Å². The molecule has 2 aromatic rings. The average molecular weight is 333 g/mol. The first-order valence-corrected chi connectivity index (χ1v) is 7.90. The number of rotatable bonds is 4. The summed E-state index contributed by atoms with van der Waals surface area (Å²) in [5.74, 6) is -0.403. The van der Waals surface area contributed by atoms with Crippen molar-refractivity contribution in [1.82, 2.24) is 9.78 Å². The number of aliphatic hydroxyl groups excluding tert-OH is 1. The van der Waals surface area contributed by atoms with Crippen LogP contribution in [0.2, 0.25) is 0 Å². The van der Waals surface area contributed by atoms with Crippen molar-refractivity contribution in [2.24, 2.45) is 5.92 Å².